The molecule has 0 saturated heterocycles. The van der Waals surface area contributed by atoms with Crippen LogP contribution in [-0.4, -0.2) is 42.8 Å². The molecule has 1 N–H and O–H groups in total. The van der Waals surface area contributed by atoms with Crippen molar-refractivity contribution < 1.29 is 13.2 Å². The Labute approximate surface area is 196 Å². The molecule has 0 saturated carbocycles. The molecule has 0 aliphatic heterocycles. The second-order valence-corrected chi connectivity index (χ2v) is 10.3. The van der Waals surface area contributed by atoms with Crippen LogP contribution in [0.1, 0.15) is 45.8 Å². The SMILES string of the molecule is Cc1c(C)c(C)c(S(=O)(=O)NCCC(=O)N(C)Cc2nc(C)c3ccccc3n2)c(C)c1C. The second kappa shape index (κ2) is 9.57. The van der Waals surface area contributed by atoms with E-state index in [2.05, 4.69) is 14.7 Å². The monoisotopic (exact) mass is 468 g/mol. The van der Waals surface area contributed by atoms with Gasteiger partial charge in [0.1, 0.15) is 5.82 Å². The van der Waals surface area contributed by atoms with Crippen LogP contribution >= 0.6 is 0 Å². The summed E-state index contributed by atoms with van der Waals surface area (Å²) in [5.74, 6) is 0.372. The summed E-state index contributed by atoms with van der Waals surface area (Å²) in [7, 11) is -2.07. The number of carbonyl (C=O) groups excluding carboxylic acids is 1. The van der Waals surface area contributed by atoms with Crippen molar-refractivity contribution in [3.8, 4) is 0 Å². The number of benzene rings is 2. The van der Waals surface area contributed by atoms with Gasteiger partial charge in [0.05, 0.1) is 17.0 Å². The first-order chi connectivity index (χ1) is 15.4. The van der Waals surface area contributed by atoms with Crippen LogP contribution in [0.3, 0.4) is 0 Å². The van der Waals surface area contributed by atoms with E-state index < -0.39 is 10.0 Å². The van der Waals surface area contributed by atoms with Crippen LogP contribution in [-0.2, 0) is 21.4 Å². The second-order valence-electron chi connectivity index (χ2n) is 8.59. The molecule has 176 valence electrons. The molecule has 3 aromatic rings. The topological polar surface area (TPSA) is 92.3 Å². The van der Waals surface area contributed by atoms with E-state index in [-0.39, 0.29) is 25.4 Å². The molecular formula is C25H32N4O3S. The molecule has 1 amide bonds. The zero-order valence-corrected chi connectivity index (χ0v) is 21.2. The number of nitrogens with zero attached hydrogens (tertiary/aromatic N) is 3. The Morgan fingerprint density at radius 1 is 0.909 bits per heavy atom. The number of aryl methyl sites for hydroxylation is 1. The van der Waals surface area contributed by atoms with Gasteiger partial charge in [-0.2, -0.15) is 0 Å². The van der Waals surface area contributed by atoms with Gasteiger partial charge >= 0.3 is 0 Å². The van der Waals surface area contributed by atoms with E-state index in [0.29, 0.717) is 10.7 Å². The van der Waals surface area contributed by atoms with Crippen LogP contribution < -0.4 is 4.72 Å². The van der Waals surface area contributed by atoms with Crippen molar-refractivity contribution in [2.24, 2.45) is 0 Å². The van der Waals surface area contributed by atoms with Gasteiger partial charge in [0, 0.05) is 31.1 Å². The highest BCUT2D eigenvalue weighted by atomic mass is 32.2. The number of nitrogens with one attached hydrogen (secondary N) is 1. The lowest BCUT2D eigenvalue weighted by atomic mass is 9.95. The summed E-state index contributed by atoms with van der Waals surface area (Å²) in [6, 6.07) is 7.75. The highest BCUT2D eigenvalue weighted by Gasteiger charge is 2.24. The zero-order valence-electron chi connectivity index (χ0n) is 20.4. The molecular weight excluding hydrogens is 436 g/mol. The van der Waals surface area contributed by atoms with E-state index >= 15 is 0 Å². The summed E-state index contributed by atoms with van der Waals surface area (Å²) in [5.41, 5.74) is 6.24. The van der Waals surface area contributed by atoms with Crippen molar-refractivity contribution in [2.75, 3.05) is 13.6 Å². The van der Waals surface area contributed by atoms with Crippen LogP contribution in [0, 0.1) is 41.5 Å². The first-order valence-electron chi connectivity index (χ1n) is 11.0. The lowest BCUT2D eigenvalue weighted by Gasteiger charge is -2.20. The first-order valence-corrected chi connectivity index (χ1v) is 12.4. The van der Waals surface area contributed by atoms with E-state index in [1.54, 1.807) is 7.05 Å². The highest BCUT2D eigenvalue weighted by molar-refractivity contribution is 7.89. The van der Waals surface area contributed by atoms with Crippen molar-refractivity contribution in [3.63, 3.8) is 0 Å². The average molecular weight is 469 g/mol. The third-order valence-electron chi connectivity index (χ3n) is 6.48. The molecule has 7 nitrogen and oxygen atoms in total. The molecule has 0 fully saturated rings. The fourth-order valence-corrected chi connectivity index (χ4v) is 5.72. The molecule has 8 heteroatoms. The molecule has 0 bridgehead atoms. The molecule has 2 aromatic carbocycles. The van der Waals surface area contributed by atoms with E-state index in [1.807, 2.05) is 65.8 Å². The van der Waals surface area contributed by atoms with Gasteiger partial charge in [0.2, 0.25) is 15.9 Å². The van der Waals surface area contributed by atoms with Crippen LogP contribution in [0.25, 0.3) is 10.9 Å². The largest absolute Gasteiger partial charge is 0.338 e. The number of hydrogen-bond acceptors (Lipinski definition) is 5. The number of amides is 1. The van der Waals surface area contributed by atoms with Gasteiger partial charge in [-0.3, -0.25) is 4.79 Å². The molecule has 33 heavy (non-hydrogen) atoms. The highest BCUT2D eigenvalue weighted by Crippen LogP contribution is 2.29. The van der Waals surface area contributed by atoms with Gasteiger partial charge in [-0.1, -0.05) is 18.2 Å². The maximum Gasteiger partial charge on any atom is 0.241 e. The Kier molecular flexibility index (Phi) is 7.19. The third kappa shape index (κ3) is 5.07. The number of carbonyl (C=O) groups is 1. The fourth-order valence-electron chi connectivity index (χ4n) is 4.09. The van der Waals surface area contributed by atoms with E-state index in [9.17, 15) is 13.2 Å². The Morgan fingerprint density at radius 2 is 1.48 bits per heavy atom. The van der Waals surface area contributed by atoms with Crippen LogP contribution in [0.15, 0.2) is 29.2 Å². The summed E-state index contributed by atoms with van der Waals surface area (Å²) in [5, 5.41) is 0.983. The quantitative estimate of drug-likeness (QED) is 0.569. The first kappa shape index (κ1) is 24.8. The van der Waals surface area contributed by atoms with Crippen LogP contribution in [0.5, 0.6) is 0 Å². The number of aromatic nitrogens is 2. The normalized spacial score (nSPS) is 11.7. The van der Waals surface area contributed by atoms with E-state index in [1.165, 1.54) is 4.90 Å². The van der Waals surface area contributed by atoms with Gasteiger partial charge in [-0.15, -0.1) is 0 Å². The minimum absolute atomic E-state index is 0.0218. The summed E-state index contributed by atoms with van der Waals surface area (Å²) < 4.78 is 28.7. The van der Waals surface area contributed by atoms with E-state index in [0.717, 1.165) is 44.4 Å². The zero-order chi connectivity index (χ0) is 24.5. The number of rotatable bonds is 7. The molecule has 0 atom stereocenters. The lowest BCUT2D eigenvalue weighted by molar-refractivity contribution is -0.130. The van der Waals surface area contributed by atoms with Gasteiger partial charge in [-0.25, -0.2) is 23.1 Å². The average Bonchev–Trinajstić information content (AvgIpc) is 2.76. The van der Waals surface area contributed by atoms with Crippen molar-refractivity contribution in [2.45, 2.75) is 59.4 Å². The molecule has 1 heterocycles. The lowest BCUT2D eigenvalue weighted by Crippen LogP contribution is -2.33. The standard InChI is InChI=1S/C25H32N4O3S/c1-15-16(2)18(4)25(19(5)17(15)3)33(31,32)26-13-12-24(30)29(7)14-23-27-20(6)21-10-8-9-11-22(21)28-23/h8-11,26H,12-14H2,1-7H3. The van der Waals surface area contributed by atoms with Crippen molar-refractivity contribution in [1.29, 1.82) is 0 Å². The molecule has 1 aromatic heterocycles. The van der Waals surface area contributed by atoms with Crippen LogP contribution in [0.4, 0.5) is 0 Å². The van der Waals surface area contributed by atoms with Gasteiger partial charge in [0.25, 0.3) is 0 Å². The summed E-state index contributed by atoms with van der Waals surface area (Å²) >= 11 is 0. The van der Waals surface area contributed by atoms with Gasteiger partial charge in [0.15, 0.2) is 0 Å². The predicted molar refractivity (Wildman–Crippen MR) is 131 cm³/mol. The third-order valence-corrected chi connectivity index (χ3v) is 8.21. The fraction of sp³-hybridized carbons (Fsp3) is 0.400. The molecule has 0 unspecified atom stereocenters. The molecule has 3 rings (SSSR count). The summed E-state index contributed by atoms with van der Waals surface area (Å²) in [4.78, 5) is 23.5. The molecule has 0 aliphatic carbocycles. The van der Waals surface area contributed by atoms with Crippen molar-refractivity contribution in [3.05, 3.63) is 63.6 Å². The van der Waals surface area contributed by atoms with Gasteiger partial charge < -0.3 is 4.90 Å². The minimum atomic E-state index is -3.74. The smallest absolute Gasteiger partial charge is 0.241 e. The minimum Gasteiger partial charge on any atom is -0.338 e. The molecule has 0 aliphatic rings. The Bertz CT molecular complexity index is 1300. The Balaban J connectivity index is 1.67. The van der Waals surface area contributed by atoms with Crippen LogP contribution in [0.2, 0.25) is 0 Å². The maximum absolute atomic E-state index is 13.0. The van der Waals surface area contributed by atoms with Crippen molar-refractivity contribution in [1.82, 2.24) is 19.6 Å². The van der Waals surface area contributed by atoms with Crippen molar-refractivity contribution >= 4 is 26.8 Å². The Hall–Kier alpha value is -2.84. The summed E-state index contributed by atoms with van der Waals surface area (Å²) in [6.07, 6.45) is 0.0458. The number of sulfonamides is 1. The molecule has 0 radical (unpaired) electrons. The number of fused-ring (bicyclic) bond motifs is 1. The van der Waals surface area contributed by atoms with Gasteiger partial charge in [-0.05, 0) is 75.4 Å². The number of hydrogen-bond donors (Lipinski definition) is 1. The molecule has 0 spiro atoms. The summed E-state index contributed by atoms with van der Waals surface area (Å²) in [6.45, 7) is 11.7. The predicted octanol–water partition coefficient (Wildman–Crippen LogP) is 3.81. The van der Waals surface area contributed by atoms with E-state index in [4.69, 9.17) is 0 Å². The maximum atomic E-state index is 13.0. The number of para-hydroxylation sites is 1. The Morgan fingerprint density at radius 3 is 2.12 bits per heavy atom.